The lowest BCUT2D eigenvalue weighted by atomic mass is 9.47. The Morgan fingerprint density at radius 3 is 2.81 bits per heavy atom. The summed E-state index contributed by atoms with van der Waals surface area (Å²) in [4.78, 5) is 22.4. The number of hydrogen-bond acceptors (Lipinski definition) is 6. The predicted octanol–water partition coefficient (Wildman–Crippen LogP) is 4.58. The van der Waals surface area contributed by atoms with Crippen LogP contribution in [0.25, 0.3) is 0 Å². The normalized spacial score (nSPS) is 38.4. The molecule has 1 aromatic heterocycles. The highest BCUT2D eigenvalue weighted by molar-refractivity contribution is 5.96. The first-order valence-corrected chi connectivity index (χ1v) is 12.0. The second kappa shape index (κ2) is 7.88. The van der Waals surface area contributed by atoms with Crippen LogP contribution < -0.4 is 5.73 Å². The van der Waals surface area contributed by atoms with Gasteiger partial charge < -0.3 is 15.0 Å². The van der Waals surface area contributed by atoms with Crippen molar-refractivity contribution >= 4 is 11.5 Å². The van der Waals surface area contributed by atoms with Gasteiger partial charge in [-0.25, -0.2) is 4.98 Å². The number of allylic oxidation sites excluding steroid dienone is 2. The Bertz CT molecular complexity index is 919. The number of Topliss-reactive ketones (excluding diaryl/α,β-unsaturated/α-hetero) is 1. The lowest BCUT2D eigenvalue weighted by molar-refractivity contribution is -0.132. The molecule has 0 aliphatic heterocycles. The van der Waals surface area contributed by atoms with E-state index in [4.69, 9.17) is 15.0 Å². The fraction of sp³-hybridized carbons (Fsp3) is 0.720. The first-order chi connectivity index (χ1) is 14.9. The standard InChI is InChI=1S/C25H35N3O3/c1-24-10-7-17(28-30-12-9-23-27-15-18(14-26)31-23)13-16(24)3-4-19-20-5-6-22(29)25(20,2)11-8-21(19)24/h13,15,19-21H,3-12,14,26H2,1-2H3/b28-17+/t19?,20?,21?,24-,25-/m0/s1. The summed E-state index contributed by atoms with van der Waals surface area (Å²) in [5, 5.41) is 4.43. The van der Waals surface area contributed by atoms with Crippen LogP contribution in [0.1, 0.15) is 76.9 Å². The summed E-state index contributed by atoms with van der Waals surface area (Å²) in [5.74, 6) is 3.88. The quantitative estimate of drug-likeness (QED) is 0.551. The van der Waals surface area contributed by atoms with Crippen molar-refractivity contribution in [3.63, 3.8) is 0 Å². The number of rotatable bonds is 5. The third-order valence-corrected chi connectivity index (χ3v) is 9.08. The SMILES string of the molecule is C[C@]12CC/C(=N\OCCc3ncc(CN)o3)C=C1CCC1C2CC[C@]2(C)C(=O)CCC12. The molecule has 0 spiro atoms. The molecule has 31 heavy (non-hydrogen) atoms. The zero-order valence-electron chi connectivity index (χ0n) is 18.9. The van der Waals surface area contributed by atoms with Gasteiger partial charge in [0.25, 0.3) is 0 Å². The number of nitrogens with zero attached hydrogens (tertiary/aromatic N) is 2. The number of hydrogen-bond donors (Lipinski definition) is 1. The van der Waals surface area contributed by atoms with Gasteiger partial charge in [0.15, 0.2) is 5.89 Å². The number of carbonyl (C=O) groups excluding carboxylic acids is 1. The van der Waals surface area contributed by atoms with Crippen LogP contribution in [0.15, 0.2) is 27.4 Å². The largest absolute Gasteiger partial charge is 0.444 e. The van der Waals surface area contributed by atoms with Crippen LogP contribution in [0.3, 0.4) is 0 Å². The average molecular weight is 426 g/mol. The van der Waals surface area contributed by atoms with Crippen LogP contribution in [0.4, 0.5) is 0 Å². The van der Waals surface area contributed by atoms with Crippen molar-refractivity contribution in [2.45, 2.75) is 78.2 Å². The number of carbonyl (C=O) groups is 1. The summed E-state index contributed by atoms with van der Waals surface area (Å²) >= 11 is 0. The number of oxazole rings is 1. The van der Waals surface area contributed by atoms with Crippen molar-refractivity contribution in [2.75, 3.05) is 6.61 Å². The molecule has 1 aromatic rings. The molecule has 4 aliphatic rings. The first-order valence-electron chi connectivity index (χ1n) is 12.0. The molecular formula is C25H35N3O3. The molecular weight excluding hydrogens is 390 g/mol. The van der Waals surface area contributed by atoms with Crippen molar-refractivity contribution in [3.05, 3.63) is 29.5 Å². The van der Waals surface area contributed by atoms with Gasteiger partial charge in [-0.15, -0.1) is 0 Å². The number of oxime groups is 1. The van der Waals surface area contributed by atoms with E-state index in [9.17, 15) is 4.79 Å². The van der Waals surface area contributed by atoms with Crippen LogP contribution in [0.5, 0.6) is 0 Å². The van der Waals surface area contributed by atoms with Crippen molar-refractivity contribution in [3.8, 4) is 0 Å². The molecule has 3 saturated carbocycles. The zero-order valence-corrected chi connectivity index (χ0v) is 18.9. The van der Waals surface area contributed by atoms with Crippen LogP contribution in [-0.2, 0) is 22.6 Å². The Hall–Kier alpha value is -1.95. The summed E-state index contributed by atoms with van der Waals surface area (Å²) in [6.45, 7) is 5.55. The fourth-order valence-corrected chi connectivity index (χ4v) is 7.23. The molecule has 3 unspecified atom stereocenters. The van der Waals surface area contributed by atoms with E-state index in [1.165, 1.54) is 12.8 Å². The summed E-state index contributed by atoms with van der Waals surface area (Å²) in [5.41, 5.74) is 8.37. The molecule has 0 bridgehead atoms. The van der Waals surface area contributed by atoms with Crippen molar-refractivity contribution in [1.29, 1.82) is 0 Å². The van der Waals surface area contributed by atoms with Crippen LogP contribution in [0, 0.1) is 28.6 Å². The zero-order chi connectivity index (χ0) is 21.6. The second-order valence-corrected chi connectivity index (χ2v) is 10.5. The van der Waals surface area contributed by atoms with Crippen molar-refractivity contribution in [1.82, 2.24) is 4.98 Å². The van der Waals surface area contributed by atoms with Crippen molar-refractivity contribution < 1.29 is 14.0 Å². The minimum absolute atomic E-state index is 0.0400. The van der Waals surface area contributed by atoms with Gasteiger partial charge in [0.2, 0.25) is 0 Å². The van der Waals surface area contributed by atoms with E-state index in [1.54, 1.807) is 11.8 Å². The first kappa shape index (κ1) is 20.9. The van der Waals surface area contributed by atoms with Crippen LogP contribution >= 0.6 is 0 Å². The van der Waals surface area contributed by atoms with Gasteiger partial charge >= 0.3 is 0 Å². The minimum Gasteiger partial charge on any atom is -0.444 e. The molecule has 6 heteroatoms. The molecule has 168 valence electrons. The third kappa shape index (κ3) is 3.47. The molecule has 1 heterocycles. The van der Waals surface area contributed by atoms with Gasteiger partial charge in [-0.05, 0) is 74.2 Å². The summed E-state index contributed by atoms with van der Waals surface area (Å²) in [7, 11) is 0. The molecule has 0 amide bonds. The van der Waals surface area contributed by atoms with E-state index in [2.05, 4.69) is 30.1 Å². The number of aromatic nitrogens is 1. The number of fused-ring (bicyclic) bond motifs is 5. The smallest absolute Gasteiger partial charge is 0.197 e. The molecule has 0 saturated heterocycles. The van der Waals surface area contributed by atoms with E-state index in [-0.39, 0.29) is 10.8 Å². The highest BCUT2D eigenvalue weighted by atomic mass is 16.6. The topological polar surface area (TPSA) is 90.7 Å². The second-order valence-electron chi connectivity index (χ2n) is 10.5. The molecule has 5 rings (SSSR count). The maximum Gasteiger partial charge on any atom is 0.197 e. The predicted molar refractivity (Wildman–Crippen MR) is 118 cm³/mol. The molecule has 3 fully saturated rings. The van der Waals surface area contributed by atoms with E-state index in [1.807, 2.05) is 0 Å². The number of nitrogens with two attached hydrogens (primary N) is 1. The van der Waals surface area contributed by atoms with Gasteiger partial charge in [0.05, 0.1) is 24.9 Å². The Morgan fingerprint density at radius 1 is 1.16 bits per heavy atom. The summed E-state index contributed by atoms with van der Waals surface area (Å²) in [6.07, 6.45) is 13.2. The fourth-order valence-electron chi connectivity index (χ4n) is 7.23. The molecule has 6 nitrogen and oxygen atoms in total. The molecule has 5 atom stereocenters. The van der Waals surface area contributed by atoms with Gasteiger partial charge in [-0.1, -0.05) is 24.6 Å². The van der Waals surface area contributed by atoms with E-state index in [0.717, 1.165) is 44.2 Å². The summed E-state index contributed by atoms with van der Waals surface area (Å²) < 4.78 is 5.51. The molecule has 0 radical (unpaired) electrons. The van der Waals surface area contributed by atoms with Gasteiger partial charge in [0.1, 0.15) is 18.2 Å². The Labute approximate surface area is 184 Å². The van der Waals surface area contributed by atoms with Crippen LogP contribution in [-0.4, -0.2) is 23.1 Å². The van der Waals surface area contributed by atoms with Crippen LogP contribution in [0.2, 0.25) is 0 Å². The number of ketones is 1. The van der Waals surface area contributed by atoms with Gasteiger partial charge in [-0.3, -0.25) is 4.79 Å². The highest BCUT2D eigenvalue weighted by Crippen LogP contribution is 2.64. The maximum atomic E-state index is 12.6. The summed E-state index contributed by atoms with van der Waals surface area (Å²) in [6, 6.07) is 0. The lowest BCUT2D eigenvalue weighted by Gasteiger charge is -2.57. The molecule has 2 N–H and O–H groups in total. The van der Waals surface area contributed by atoms with Crippen molar-refractivity contribution in [2.24, 2.45) is 39.5 Å². The van der Waals surface area contributed by atoms with Gasteiger partial charge in [0, 0.05) is 11.8 Å². The minimum atomic E-state index is -0.0400. The third-order valence-electron chi connectivity index (χ3n) is 9.08. The Morgan fingerprint density at radius 2 is 2.00 bits per heavy atom. The lowest BCUT2D eigenvalue weighted by Crippen LogP contribution is -2.50. The van der Waals surface area contributed by atoms with E-state index in [0.29, 0.717) is 54.8 Å². The van der Waals surface area contributed by atoms with E-state index < -0.39 is 0 Å². The Balaban J connectivity index is 1.24. The highest BCUT2D eigenvalue weighted by Gasteiger charge is 2.58. The van der Waals surface area contributed by atoms with E-state index >= 15 is 0 Å². The maximum absolute atomic E-state index is 12.6. The van der Waals surface area contributed by atoms with Gasteiger partial charge in [-0.2, -0.15) is 0 Å². The molecule has 4 aliphatic carbocycles. The monoisotopic (exact) mass is 425 g/mol. The molecule has 0 aromatic carbocycles. The average Bonchev–Trinajstić information content (AvgIpc) is 3.35. The Kier molecular flexibility index (Phi) is 5.32.